The number of nitrogens with one attached hydrogen (secondary N) is 2. The number of amides is 1. The SMILES string of the molecule is CC(=O)Nc1cc(Nc2cc(C)nc(C(C)(F)F)n2)c(OCC[C@@H](C)F)cn1. The summed E-state index contributed by atoms with van der Waals surface area (Å²) in [6.07, 6.45) is 0.480. The zero-order chi connectivity index (χ0) is 20.9. The zero-order valence-electron chi connectivity index (χ0n) is 16.0. The molecule has 7 nitrogen and oxygen atoms in total. The van der Waals surface area contributed by atoms with Crippen LogP contribution in [0.1, 0.15) is 38.7 Å². The normalized spacial score (nSPS) is 12.4. The Kier molecular flexibility index (Phi) is 6.76. The molecule has 0 aliphatic rings. The fraction of sp³-hybridized carbons (Fsp3) is 0.444. The third kappa shape index (κ3) is 6.36. The summed E-state index contributed by atoms with van der Waals surface area (Å²) in [5.74, 6) is -3.56. The van der Waals surface area contributed by atoms with E-state index in [1.807, 2.05) is 0 Å². The quantitative estimate of drug-likeness (QED) is 0.697. The highest BCUT2D eigenvalue weighted by atomic mass is 19.3. The van der Waals surface area contributed by atoms with Gasteiger partial charge in [0.2, 0.25) is 11.7 Å². The van der Waals surface area contributed by atoms with Crippen LogP contribution in [-0.4, -0.2) is 33.6 Å². The van der Waals surface area contributed by atoms with Crippen molar-refractivity contribution in [2.24, 2.45) is 0 Å². The highest BCUT2D eigenvalue weighted by molar-refractivity contribution is 5.88. The van der Waals surface area contributed by atoms with Crippen molar-refractivity contribution in [1.29, 1.82) is 0 Å². The van der Waals surface area contributed by atoms with Gasteiger partial charge in [0.1, 0.15) is 17.8 Å². The van der Waals surface area contributed by atoms with Crippen LogP contribution in [0.25, 0.3) is 0 Å². The molecule has 0 spiro atoms. The molecule has 0 aromatic carbocycles. The van der Waals surface area contributed by atoms with Crippen LogP contribution in [0.3, 0.4) is 0 Å². The maximum Gasteiger partial charge on any atom is 0.303 e. The van der Waals surface area contributed by atoms with E-state index in [9.17, 15) is 18.0 Å². The molecule has 0 aliphatic carbocycles. The number of hydrogen-bond acceptors (Lipinski definition) is 6. The monoisotopic (exact) mass is 397 g/mol. The van der Waals surface area contributed by atoms with Gasteiger partial charge in [-0.1, -0.05) is 0 Å². The van der Waals surface area contributed by atoms with Crippen molar-refractivity contribution < 1.29 is 22.7 Å². The van der Waals surface area contributed by atoms with Gasteiger partial charge in [0.05, 0.1) is 18.5 Å². The van der Waals surface area contributed by atoms with Gasteiger partial charge in [-0.3, -0.25) is 4.79 Å². The first-order valence-corrected chi connectivity index (χ1v) is 8.60. The molecule has 10 heteroatoms. The van der Waals surface area contributed by atoms with Gasteiger partial charge in [-0.25, -0.2) is 19.3 Å². The number of ether oxygens (including phenoxy) is 1. The molecule has 1 amide bonds. The smallest absolute Gasteiger partial charge is 0.303 e. The van der Waals surface area contributed by atoms with Gasteiger partial charge in [0.25, 0.3) is 0 Å². The minimum absolute atomic E-state index is 0.0919. The Labute approximate surface area is 160 Å². The number of carbonyl (C=O) groups is 1. The number of anilines is 3. The number of carbonyl (C=O) groups excluding carboxylic acids is 1. The van der Waals surface area contributed by atoms with E-state index in [0.717, 1.165) is 0 Å². The van der Waals surface area contributed by atoms with Gasteiger partial charge in [0.15, 0.2) is 5.75 Å². The van der Waals surface area contributed by atoms with E-state index < -0.39 is 17.9 Å². The Morgan fingerprint density at radius 3 is 2.61 bits per heavy atom. The minimum atomic E-state index is -3.21. The van der Waals surface area contributed by atoms with Gasteiger partial charge in [-0.05, 0) is 13.8 Å². The van der Waals surface area contributed by atoms with E-state index in [-0.39, 0.29) is 36.3 Å². The number of aromatic nitrogens is 3. The van der Waals surface area contributed by atoms with Crippen LogP contribution in [0.15, 0.2) is 18.3 Å². The lowest BCUT2D eigenvalue weighted by Gasteiger charge is -2.16. The average Bonchev–Trinajstić information content (AvgIpc) is 2.54. The van der Waals surface area contributed by atoms with Crippen LogP contribution in [0.5, 0.6) is 5.75 Å². The summed E-state index contributed by atoms with van der Waals surface area (Å²) in [4.78, 5) is 22.9. The molecule has 2 aromatic heterocycles. The minimum Gasteiger partial charge on any atom is -0.490 e. The summed E-state index contributed by atoms with van der Waals surface area (Å²) >= 11 is 0. The van der Waals surface area contributed by atoms with E-state index in [0.29, 0.717) is 18.3 Å². The lowest BCUT2D eigenvalue weighted by Crippen LogP contribution is -2.15. The van der Waals surface area contributed by atoms with Crippen LogP contribution in [0, 0.1) is 6.92 Å². The molecule has 0 fully saturated rings. The molecular formula is C18H22F3N5O2. The maximum absolute atomic E-state index is 13.6. The third-order valence-corrected chi connectivity index (χ3v) is 3.45. The Bertz CT molecular complexity index is 840. The van der Waals surface area contributed by atoms with E-state index >= 15 is 0 Å². The molecule has 0 unspecified atom stereocenters. The number of nitrogens with zero attached hydrogens (tertiary/aromatic N) is 3. The molecule has 28 heavy (non-hydrogen) atoms. The van der Waals surface area contributed by atoms with Crippen LogP contribution < -0.4 is 15.4 Å². The molecule has 1 atom stereocenters. The van der Waals surface area contributed by atoms with Crippen molar-refractivity contribution in [3.8, 4) is 5.75 Å². The van der Waals surface area contributed by atoms with Gasteiger partial charge in [-0.2, -0.15) is 8.78 Å². The Balaban J connectivity index is 2.35. The standard InChI is InChI=1S/C18H22F3N5O2/c1-10(19)5-6-28-14-9-22-15(24-12(3)27)8-13(14)25-16-7-11(2)23-17(26-16)18(4,20)21/h7-10H,5-6H2,1-4H3,(H2,22,23,24,25,26,27)/t10-/m1/s1. The summed E-state index contributed by atoms with van der Waals surface area (Å²) in [7, 11) is 0. The van der Waals surface area contributed by atoms with Crippen molar-refractivity contribution in [2.45, 2.75) is 46.2 Å². The number of hydrogen-bond donors (Lipinski definition) is 2. The first-order chi connectivity index (χ1) is 13.0. The van der Waals surface area contributed by atoms with Gasteiger partial charge in [0, 0.05) is 38.1 Å². The molecule has 0 saturated heterocycles. The van der Waals surface area contributed by atoms with Crippen LogP contribution in [0.4, 0.5) is 30.5 Å². The third-order valence-electron chi connectivity index (χ3n) is 3.45. The number of halogens is 3. The second kappa shape index (κ2) is 8.85. The highest BCUT2D eigenvalue weighted by Crippen LogP contribution is 2.31. The van der Waals surface area contributed by atoms with Gasteiger partial charge < -0.3 is 15.4 Å². The lowest BCUT2D eigenvalue weighted by molar-refractivity contribution is -0.114. The van der Waals surface area contributed by atoms with E-state index in [1.54, 1.807) is 6.92 Å². The molecule has 0 saturated carbocycles. The van der Waals surface area contributed by atoms with Crippen LogP contribution >= 0.6 is 0 Å². The number of rotatable bonds is 8. The van der Waals surface area contributed by atoms with Crippen molar-refractivity contribution in [1.82, 2.24) is 15.0 Å². The maximum atomic E-state index is 13.6. The van der Waals surface area contributed by atoms with E-state index in [4.69, 9.17) is 4.74 Å². The topological polar surface area (TPSA) is 89.0 Å². The fourth-order valence-electron chi connectivity index (χ4n) is 2.20. The predicted molar refractivity (Wildman–Crippen MR) is 98.8 cm³/mol. The summed E-state index contributed by atoms with van der Waals surface area (Å²) in [5, 5.41) is 5.40. The van der Waals surface area contributed by atoms with E-state index in [1.165, 1.54) is 32.2 Å². The molecule has 0 bridgehead atoms. The Hall–Kier alpha value is -2.91. The van der Waals surface area contributed by atoms with Crippen LogP contribution in [-0.2, 0) is 10.7 Å². The average molecular weight is 397 g/mol. The molecule has 2 rings (SSSR count). The van der Waals surface area contributed by atoms with Crippen molar-refractivity contribution in [2.75, 3.05) is 17.2 Å². The second-order valence-corrected chi connectivity index (χ2v) is 6.40. The second-order valence-electron chi connectivity index (χ2n) is 6.40. The number of pyridine rings is 1. The molecule has 2 aromatic rings. The number of aryl methyl sites for hydroxylation is 1. The summed E-state index contributed by atoms with van der Waals surface area (Å²) < 4.78 is 45.8. The zero-order valence-corrected chi connectivity index (χ0v) is 16.0. The van der Waals surface area contributed by atoms with Gasteiger partial charge >= 0.3 is 5.92 Å². The molecule has 2 N–H and O–H groups in total. The van der Waals surface area contributed by atoms with E-state index in [2.05, 4.69) is 25.6 Å². The number of alkyl halides is 3. The Morgan fingerprint density at radius 2 is 2.00 bits per heavy atom. The largest absolute Gasteiger partial charge is 0.490 e. The van der Waals surface area contributed by atoms with Crippen LogP contribution in [0.2, 0.25) is 0 Å². The summed E-state index contributed by atoms with van der Waals surface area (Å²) in [5.41, 5.74) is 0.674. The van der Waals surface area contributed by atoms with Gasteiger partial charge in [-0.15, -0.1) is 0 Å². The summed E-state index contributed by atoms with van der Waals surface area (Å²) in [6, 6.07) is 2.96. The lowest BCUT2D eigenvalue weighted by atomic mass is 10.3. The van der Waals surface area contributed by atoms with Crippen molar-refractivity contribution in [3.05, 3.63) is 29.8 Å². The highest BCUT2D eigenvalue weighted by Gasteiger charge is 2.29. The Morgan fingerprint density at radius 1 is 1.29 bits per heavy atom. The van der Waals surface area contributed by atoms with Crippen molar-refractivity contribution >= 4 is 23.2 Å². The first-order valence-electron chi connectivity index (χ1n) is 8.60. The first kappa shape index (κ1) is 21.4. The molecule has 2 heterocycles. The molecule has 0 radical (unpaired) electrons. The van der Waals surface area contributed by atoms with Crippen molar-refractivity contribution in [3.63, 3.8) is 0 Å². The molecular weight excluding hydrogens is 375 g/mol. The fourth-order valence-corrected chi connectivity index (χ4v) is 2.20. The summed E-state index contributed by atoms with van der Waals surface area (Å²) in [6.45, 7) is 5.10. The molecule has 0 aliphatic heterocycles. The molecule has 152 valence electrons. The predicted octanol–water partition coefficient (Wildman–Crippen LogP) is 4.12.